The lowest BCUT2D eigenvalue weighted by atomic mass is 9.96. The molecular weight excluding hydrogens is 972 g/mol. The van der Waals surface area contributed by atoms with E-state index in [1.807, 2.05) is 0 Å². The molecule has 5 saturated heterocycles. The third kappa shape index (κ3) is 10.5. The predicted octanol–water partition coefficient (Wildman–Crippen LogP) is -5.19. The fourth-order valence-electron chi connectivity index (χ4n) is 8.93. The van der Waals surface area contributed by atoms with Gasteiger partial charge in [-0.15, -0.1) is 0 Å². The Bertz CT molecular complexity index is 2370. The normalized spacial score (nSPS) is 43.9. The molecule has 6 heterocycles. The molecule has 25 unspecified atom stereocenters. The molecule has 3 aromatic rings. The fourth-order valence-corrected chi connectivity index (χ4v) is 8.93. The van der Waals surface area contributed by atoms with Gasteiger partial charge in [-0.2, -0.15) is 0 Å². The zero-order valence-electron chi connectivity index (χ0n) is 38.7. The van der Waals surface area contributed by atoms with Crippen LogP contribution in [-0.4, -0.2) is 237 Å². The van der Waals surface area contributed by atoms with Gasteiger partial charge in [-0.05, 0) is 52.0 Å². The Morgan fingerprint density at radius 2 is 0.986 bits per heavy atom. The van der Waals surface area contributed by atoms with Crippen LogP contribution in [0.2, 0.25) is 0 Å². The Morgan fingerprint density at radius 1 is 0.486 bits per heavy atom. The molecule has 27 nitrogen and oxygen atoms in total. The second kappa shape index (κ2) is 21.7. The van der Waals surface area contributed by atoms with Crippen molar-refractivity contribution >= 4 is 11.0 Å². The van der Waals surface area contributed by atoms with Gasteiger partial charge in [0.05, 0.1) is 31.0 Å². The molecule has 72 heavy (non-hydrogen) atoms. The van der Waals surface area contributed by atoms with E-state index in [1.165, 1.54) is 52.0 Å². The van der Waals surface area contributed by atoms with Crippen LogP contribution in [0.5, 0.6) is 23.0 Å². The summed E-state index contributed by atoms with van der Waals surface area (Å²) in [6.45, 7) is 4.73. The zero-order valence-corrected chi connectivity index (χ0v) is 38.7. The highest BCUT2D eigenvalue weighted by Crippen LogP contribution is 2.40. The van der Waals surface area contributed by atoms with Crippen LogP contribution < -0.4 is 14.9 Å². The van der Waals surface area contributed by atoms with Crippen molar-refractivity contribution in [3.63, 3.8) is 0 Å². The van der Waals surface area contributed by atoms with Crippen molar-refractivity contribution in [3.05, 3.63) is 46.6 Å². The van der Waals surface area contributed by atoms with E-state index in [4.69, 9.17) is 51.8 Å². The summed E-state index contributed by atoms with van der Waals surface area (Å²) in [5.74, 6) is -2.50. The third-order valence-corrected chi connectivity index (χ3v) is 13.4. The summed E-state index contributed by atoms with van der Waals surface area (Å²) in [6.07, 6.45) is -42.1. The van der Waals surface area contributed by atoms with Crippen molar-refractivity contribution in [2.45, 2.75) is 181 Å². The van der Waals surface area contributed by atoms with Gasteiger partial charge in [0, 0.05) is 17.7 Å². The van der Waals surface area contributed by atoms with E-state index in [-0.39, 0.29) is 22.6 Å². The topological polar surface area (TPSA) is 426 Å². The molecule has 5 aliphatic rings. The lowest BCUT2D eigenvalue weighted by molar-refractivity contribution is -0.378. The number of rotatable bonds is 12. The first-order valence-electron chi connectivity index (χ1n) is 23.0. The summed E-state index contributed by atoms with van der Waals surface area (Å²) >= 11 is 0. The maximum Gasteiger partial charge on any atom is 0.239 e. The van der Waals surface area contributed by atoms with E-state index in [0.717, 1.165) is 12.1 Å². The summed E-state index contributed by atoms with van der Waals surface area (Å²) in [6, 6.07) is 7.09. The number of aliphatic hydroxyl groups excluding tert-OH is 13. The van der Waals surface area contributed by atoms with Gasteiger partial charge in [-0.1, -0.05) is 0 Å². The molecule has 5 aliphatic heterocycles. The smallest absolute Gasteiger partial charge is 0.239 e. The van der Waals surface area contributed by atoms with Gasteiger partial charge < -0.3 is 128 Å². The Labute approximate surface area is 407 Å². The number of ether oxygens (including phenoxy) is 10. The molecule has 8 rings (SSSR count). The third-order valence-electron chi connectivity index (χ3n) is 13.4. The van der Waals surface area contributed by atoms with Gasteiger partial charge in [0.15, 0.2) is 30.7 Å². The Hall–Kier alpha value is -3.99. The number of aromatic hydroxyl groups is 2. The second-order valence-electron chi connectivity index (χ2n) is 18.5. The van der Waals surface area contributed by atoms with Crippen molar-refractivity contribution in [3.8, 4) is 34.3 Å². The Morgan fingerprint density at radius 3 is 1.58 bits per heavy atom. The second-order valence-corrected chi connectivity index (χ2v) is 18.5. The first-order valence-corrected chi connectivity index (χ1v) is 23.0. The molecule has 0 aliphatic carbocycles. The minimum Gasteiger partial charge on any atom is -0.508 e. The highest BCUT2D eigenvalue weighted by Gasteiger charge is 2.54. The average Bonchev–Trinajstić information content (AvgIpc) is 3.34. The van der Waals surface area contributed by atoms with Crippen molar-refractivity contribution < 1.29 is 128 Å². The molecule has 0 bridgehead atoms. The number of phenolic OH excluding ortho intramolecular Hbond substituents is 2. The van der Waals surface area contributed by atoms with Crippen molar-refractivity contribution in [1.29, 1.82) is 0 Å². The van der Waals surface area contributed by atoms with E-state index >= 15 is 0 Å². The van der Waals surface area contributed by atoms with Gasteiger partial charge in [-0.25, -0.2) is 0 Å². The molecule has 0 amide bonds. The molecule has 15 N–H and O–H groups in total. The monoisotopic (exact) mass is 1030 g/mol. The molecule has 25 atom stereocenters. The van der Waals surface area contributed by atoms with Crippen molar-refractivity contribution in [2.75, 3.05) is 6.61 Å². The molecule has 0 spiro atoms. The predicted molar refractivity (Wildman–Crippen MR) is 232 cm³/mol. The van der Waals surface area contributed by atoms with Gasteiger partial charge in [-0.3, -0.25) is 4.79 Å². The van der Waals surface area contributed by atoms with E-state index in [2.05, 4.69) is 0 Å². The number of aliphatic hydroxyl groups is 13. The Kier molecular flexibility index (Phi) is 16.4. The first kappa shape index (κ1) is 54.3. The maximum absolute atomic E-state index is 14.7. The van der Waals surface area contributed by atoms with Crippen LogP contribution in [0.25, 0.3) is 22.3 Å². The van der Waals surface area contributed by atoms with Gasteiger partial charge in [0.1, 0.15) is 120 Å². The summed E-state index contributed by atoms with van der Waals surface area (Å²) in [5.41, 5.74) is -1.48. The number of fused-ring (bicyclic) bond motifs is 1. The summed E-state index contributed by atoms with van der Waals surface area (Å²) in [5, 5.41) is 161. The van der Waals surface area contributed by atoms with E-state index in [0.29, 0.717) is 0 Å². The van der Waals surface area contributed by atoms with Crippen LogP contribution in [-0.2, 0) is 37.9 Å². The minimum absolute atomic E-state index is 0.0320. The lowest BCUT2D eigenvalue weighted by Gasteiger charge is -2.48. The molecule has 0 saturated carbocycles. The highest BCUT2D eigenvalue weighted by molar-refractivity contribution is 5.88. The van der Waals surface area contributed by atoms with Crippen LogP contribution in [0.4, 0.5) is 0 Å². The molecule has 5 fully saturated rings. The number of phenols is 2. The first-order chi connectivity index (χ1) is 34.0. The largest absolute Gasteiger partial charge is 0.508 e. The van der Waals surface area contributed by atoms with Crippen LogP contribution >= 0.6 is 0 Å². The minimum atomic E-state index is -2.16. The highest BCUT2D eigenvalue weighted by atomic mass is 16.8. The molecule has 402 valence electrons. The van der Waals surface area contributed by atoms with Crippen LogP contribution in [0.15, 0.2) is 45.6 Å². The summed E-state index contributed by atoms with van der Waals surface area (Å²) in [4.78, 5) is 14.7. The SMILES string of the molecule is CC1OC(OCC2OC(Oc3c(-c4ccc(O)cc4)oc4cc(OC5OC(C)C(O)C(O)C5O)cc(O)c4c3=O)C(OC3OC(C)C(O)C(OC4OC(C)C(O)C(O)C4O)C3O)C(O)C2O)C(O)C(O)C1O. The number of benzene rings is 2. The van der Waals surface area contributed by atoms with Gasteiger partial charge in [0.25, 0.3) is 0 Å². The molecule has 2 aromatic carbocycles. The Balaban J connectivity index is 1.15. The van der Waals surface area contributed by atoms with Gasteiger partial charge in [0.2, 0.25) is 23.8 Å². The zero-order chi connectivity index (χ0) is 52.4. The summed E-state index contributed by atoms with van der Waals surface area (Å²) < 4.78 is 64.1. The van der Waals surface area contributed by atoms with Gasteiger partial charge >= 0.3 is 0 Å². The van der Waals surface area contributed by atoms with Crippen LogP contribution in [0.3, 0.4) is 0 Å². The van der Waals surface area contributed by atoms with E-state index in [1.54, 1.807) is 0 Å². The molecule has 1 aromatic heterocycles. The quantitative estimate of drug-likeness (QED) is 0.0806. The number of hydrogen-bond donors (Lipinski definition) is 15. The standard InChI is InChI=1S/C45H60O27/c1-12-23(48)29(54)33(58)41(63-12)62-11-21-27(52)32(57)40(72-44-36(61)38(26(51)15(4)66-44)70-43-35(60)31(56)25(50)14(3)65-43)45(69-21)71-39-28(53)22-19(47)9-18(67-42-34(59)30(55)24(49)13(2)64-42)10-20(22)68-37(39)16-5-7-17(46)8-6-16/h5-10,12-15,21,23-27,29-36,38,40-52,54-61H,11H2,1-4H3. The molecule has 0 radical (unpaired) electrons. The number of hydrogen-bond acceptors (Lipinski definition) is 27. The van der Waals surface area contributed by atoms with E-state index < -0.39 is 188 Å². The molecule has 27 heteroatoms. The summed E-state index contributed by atoms with van der Waals surface area (Å²) in [7, 11) is 0. The van der Waals surface area contributed by atoms with Crippen molar-refractivity contribution in [1.82, 2.24) is 0 Å². The fraction of sp³-hybridized carbons (Fsp3) is 0.667. The van der Waals surface area contributed by atoms with E-state index in [9.17, 15) is 81.4 Å². The average molecular weight is 1030 g/mol. The van der Waals surface area contributed by atoms with Crippen molar-refractivity contribution in [2.24, 2.45) is 0 Å². The lowest BCUT2D eigenvalue weighted by Crippen LogP contribution is -2.66. The van der Waals surface area contributed by atoms with Crippen LogP contribution in [0, 0.1) is 0 Å². The van der Waals surface area contributed by atoms with Crippen LogP contribution in [0.1, 0.15) is 27.7 Å². The maximum atomic E-state index is 14.7. The molecular formula is C45H60O27.